The van der Waals surface area contributed by atoms with E-state index in [1.165, 1.54) is 12.1 Å². The van der Waals surface area contributed by atoms with E-state index in [9.17, 15) is 23.3 Å². The second-order valence-corrected chi connectivity index (χ2v) is 3.89. The molecule has 0 aromatic heterocycles. The van der Waals surface area contributed by atoms with E-state index in [0.717, 1.165) is 18.2 Å². The molecule has 104 valence electrons. The first-order valence-electron chi connectivity index (χ1n) is 5.48. The molecule has 0 aliphatic heterocycles. The van der Waals surface area contributed by atoms with Gasteiger partial charge in [-0.1, -0.05) is 0 Å². The van der Waals surface area contributed by atoms with Gasteiger partial charge in [0, 0.05) is 23.8 Å². The van der Waals surface area contributed by atoms with Crippen LogP contribution in [-0.2, 0) is 6.61 Å². The Bertz CT molecular complexity index is 661. The summed E-state index contributed by atoms with van der Waals surface area (Å²) < 4.78 is 44.4. The van der Waals surface area contributed by atoms with E-state index in [4.69, 9.17) is 4.74 Å². The van der Waals surface area contributed by atoms with Gasteiger partial charge in [-0.2, -0.15) is 4.39 Å². The minimum absolute atomic E-state index is 0.0109. The molecule has 0 radical (unpaired) electrons. The van der Waals surface area contributed by atoms with Crippen molar-refractivity contribution in [3.05, 3.63) is 69.5 Å². The van der Waals surface area contributed by atoms with Crippen LogP contribution >= 0.6 is 0 Å². The summed E-state index contributed by atoms with van der Waals surface area (Å²) in [6.45, 7) is -0.247. The van der Waals surface area contributed by atoms with Gasteiger partial charge in [0.05, 0.1) is 4.92 Å². The molecule has 7 heteroatoms. The van der Waals surface area contributed by atoms with E-state index < -0.39 is 28.1 Å². The van der Waals surface area contributed by atoms with E-state index in [0.29, 0.717) is 6.07 Å². The fraction of sp³-hybridized carbons (Fsp3) is 0.0769. The summed E-state index contributed by atoms with van der Waals surface area (Å²) in [6, 6.07) is 5.95. The average Bonchev–Trinajstić information content (AvgIpc) is 2.37. The van der Waals surface area contributed by atoms with Gasteiger partial charge < -0.3 is 4.74 Å². The predicted octanol–water partition coefficient (Wildman–Crippen LogP) is 3.59. The predicted molar refractivity (Wildman–Crippen MR) is 63.7 cm³/mol. The molecule has 4 nitrogen and oxygen atoms in total. The number of nitro benzene ring substituents is 1. The van der Waals surface area contributed by atoms with Crippen molar-refractivity contribution >= 4 is 5.69 Å². The van der Waals surface area contributed by atoms with Gasteiger partial charge in [0.1, 0.15) is 24.0 Å². The van der Waals surface area contributed by atoms with Crippen LogP contribution in [0.2, 0.25) is 0 Å². The Kier molecular flexibility index (Phi) is 3.88. The smallest absolute Gasteiger partial charge is 0.305 e. The molecule has 0 heterocycles. The van der Waals surface area contributed by atoms with Crippen LogP contribution in [-0.4, -0.2) is 4.92 Å². The zero-order chi connectivity index (χ0) is 14.7. The van der Waals surface area contributed by atoms with Gasteiger partial charge in [0.2, 0.25) is 5.82 Å². The molecule has 0 aliphatic carbocycles. The molecule has 0 aliphatic rings. The van der Waals surface area contributed by atoms with Crippen molar-refractivity contribution < 1.29 is 22.8 Å². The zero-order valence-electron chi connectivity index (χ0n) is 9.98. The molecular weight excluding hydrogens is 275 g/mol. The maximum Gasteiger partial charge on any atom is 0.305 e. The molecule has 2 aromatic carbocycles. The van der Waals surface area contributed by atoms with Gasteiger partial charge in [-0.3, -0.25) is 10.1 Å². The first-order valence-corrected chi connectivity index (χ1v) is 5.48. The highest BCUT2D eigenvalue weighted by Crippen LogP contribution is 2.23. The van der Waals surface area contributed by atoms with E-state index in [1.807, 2.05) is 0 Å². The maximum absolute atomic E-state index is 13.3. The van der Waals surface area contributed by atoms with Crippen molar-refractivity contribution in [2.75, 3.05) is 0 Å². The lowest BCUT2D eigenvalue weighted by Crippen LogP contribution is -2.00. The molecule has 2 aromatic rings. The second-order valence-electron chi connectivity index (χ2n) is 3.89. The van der Waals surface area contributed by atoms with Gasteiger partial charge in [-0.05, 0) is 18.2 Å². The van der Waals surface area contributed by atoms with Gasteiger partial charge in [0.25, 0.3) is 0 Å². The van der Waals surface area contributed by atoms with Crippen molar-refractivity contribution in [2.24, 2.45) is 0 Å². The molecule has 0 unspecified atom stereocenters. The summed E-state index contributed by atoms with van der Waals surface area (Å²) >= 11 is 0. The SMILES string of the molecule is O=[N+]([O-])c1ccc(OCc2ccc(F)cc2F)cc1F. The summed E-state index contributed by atoms with van der Waals surface area (Å²) in [7, 11) is 0. The van der Waals surface area contributed by atoms with Gasteiger partial charge in [0.15, 0.2) is 0 Å². The molecule has 0 saturated carbocycles. The molecule has 20 heavy (non-hydrogen) atoms. The van der Waals surface area contributed by atoms with E-state index in [1.54, 1.807) is 0 Å². The molecule has 0 fully saturated rings. The summed E-state index contributed by atoms with van der Waals surface area (Å²) in [5, 5.41) is 10.4. The van der Waals surface area contributed by atoms with Crippen LogP contribution in [0.1, 0.15) is 5.56 Å². The molecule has 2 rings (SSSR count). The van der Waals surface area contributed by atoms with Gasteiger partial charge >= 0.3 is 5.69 Å². The van der Waals surface area contributed by atoms with Crippen molar-refractivity contribution in [2.45, 2.75) is 6.61 Å². The molecule has 0 spiro atoms. The fourth-order valence-corrected chi connectivity index (χ4v) is 1.53. The van der Waals surface area contributed by atoms with Crippen molar-refractivity contribution in [3.8, 4) is 5.75 Å². The highest BCUT2D eigenvalue weighted by Gasteiger charge is 2.14. The van der Waals surface area contributed by atoms with Crippen LogP contribution in [0.4, 0.5) is 18.9 Å². The van der Waals surface area contributed by atoms with Crippen LogP contribution in [0, 0.1) is 27.6 Å². The summed E-state index contributed by atoms with van der Waals surface area (Å²) in [5.41, 5.74) is -0.588. The van der Waals surface area contributed by atoms with Crippen LogP contribution in [0.5, 0.6) is 5.75 Å². The minimum atomic E-state index is -1.05. The largest absolute Gasteiger partial charge is 0.489 e. The monoisotopic (exact) mass is 283 g/mol. The van der Waals surface area contributed by atoms with Gasteiger partial charge in [-0.25, -0.2) is 8.78 Å². The third kappa shape index (κ3) is 3.05. The van der Waals surface area contributed by atoms with Crippen molar-refractivity contribution in [1.29, 1.82) is 0 Å². The van der Waals surface area contributed by atoms with Crippen molar-refractivity contribution in [1.82, 2.24) is 0 Å². The summed E-state index contributed by atoms with van der Waals surface area (Å²) in [6.07, 6.45) is 0. The molecule has 0 atom stereocenters. The van der Waals surface area contributed by atoms with Crippen LogP contribution in [0.15, 0.2) is 36.4 Å². The Labute approximate surface area is 111 Å². The van der Waals surface area contributed by atoms with E-state index in [-0.39, 0.29) is 17.9 Å². The Hall–Kier alpha value is -2.57. The van der Waals surface area contributed by atoms with Crippen LogP contribution < -0.4 is 4.74 Å². The lowest BCUT2D eigenvalue weighted by molar-refractivity contribution is -0.387. The zero-order valence-corrected chi connectivity index (χ0v) is 9.98. The highest BCUT2D eigenvalue weighted by atomic mass is 19.1. The second kappa shape index (κ2) is 5.60. The lowest BCUT2D eigenvalue weighted by Gasteiger charge is -2.07. The Morgan fingerprint density at radius 3 is 2.40 bits per heavy atom. The normalized spacial score (nSPS) is 10.3. The standard InChI is InChI=1S/C13H8F3NO3/c14-9-2-1-8(11(15)5-9)7-20-10-3-4-13(17(18)19)12(16)6-10/h1-6H,7H2. The first kappa shape index (κ1) is 13.9. The van der Waals surface area contributed by atoms with Gasteiger partial charge in [-0.15, -0.1) is 0 Å². The number of hydrogen-bond acceptors (Lipinski definition) is 3. The third-order valence-corrected chi connectivity index (χ3v) is 2.53. The highest BCUT2D eigenvalue weighted by molar-refractivity contribution is 5.38. The topological polar surface area (TPSA) is 52.4 Å². The van der Waals surface area contributed by atoms with Crippen LogP contribution in [0.3, 0.4) is 0 Å². The van der Waals surface area contributed by atoms with Crippen molar-refractivity contribution in [3.63, 3.8) is 0 Å². The minimum Gasteiger partial charge on any atom is -0.489 e. The molecule has 0 saturated heterocycles. The first-order chi connectivity index (χ1) is 9.47. The van der Waals surface area contributed by atoms with E-state index >= 15 is 0 Å². The number of hydrogen-bond donors (Lipinski definition) is 0. The number of nitro groups is 1. The quantitative estimate of drug-likeness (QED) is 0.636. The average molecular weight is 283 g/mol. The number of nitrogens with zero attached hydrogens (tertiary/aromatic N) is 1. The van der Waals surface area contributed by atoms with E-state index in [2.05, 4.69) is 0 Å². The number of benzene rings is 2. The molecule has 0 N–H and O–H groups in total. The molecular formula is C13H8F3NO3. The Morgan fingerprint density at radius 2 is 1.80 bits per heavy atom. The number of halogens is 3. The Morgan fingerprint density at radius 1 is 1.05 bits per heavy atom. The number of rotatable bonds is 4. The summed E-state index contributed by atoms with van der Waals surface area (Å²) in [5.74, 6) is -2.54. The lowest BCUT2D eigenvalue weighted by atomic mass is 10.2. The van der Waals surface area contributed by atoms with Crippen LogP contribution in [0.25, 0.3) is 0 Å². The molecule has 0 bridgehead atoms. The third-order valence-electron chi connectivity index (χ3n) is 2.53. The number of ether oxygens (including phenoxy) is 1. The maximum atomic E-state index is 13.3. The molecule has 0 amide bonds. The Balaban J connectivity index is 2.11. The fourth-order valence-electron chi connectivity index (χ4n) is 1.53. The summed E-state index contributed by atoms with van der Waals surface area (Å²) in [4.78, 5) is 9.57.